The van der Waals surface area contributed by atoms with Crippen molar-refractivity contribution in [2.75, 3.05) is 16.5 Å². The molecule has 0 unspecified atom stereocenters. The second kappa shape index (κ2) is 7.32. The van der Waals surface area contributed by atoms with Gasteiger partial charge in [0.2, 0.25) is 5.56 Å². The minimum Gasteiger partial charge on any atom is -0.327 e. The normalized spacial score (nSPS) is 14.1. The summed E-state index contributed by atoms with van der Waals surface area (Å²) >= 11 is 3.39. The predicted octanol–water partition coefficient (Wildman–Crippen LogP) is 5.22. The average molecular weight is 478 g/mol. The molecule has 154 valence electrons. The van der Waals surface area contributed by atoms with Crippen molar-refractivity contribution in [2.45, 2.75) is 13.1 Å². The highest BCUT2D eigenvalue weighted by Crippen LogP contribution is 2.40. The van der Waals surface area contributed by atoms with Crippen molar-refractivity contribution in [1.29, 1.82) is 0 Å². The molecule has 5 nitrogen and oxygen atoms in total. The third-order valence-corrected chi connectivity index (χ3v) is 5.40. The Morgan fingerprint density at radius 3 is 2.37 bits per heavy atom. The predicted molar refractivity (Wildman–Crippen MR) is 111 cm³/mol. The van der Waals surface area contributed by atoms with Crippen molar-refractivity contribution >= 4 is 38.9 Å². The number of rotatable bonds is 2. The number of carbonyl (C=O) groups is 1. The van der Waals surface area contributed by atoms with Crippen molar-refractivity contribution < 1.29 is 18.0 Å². The zero-order valence-corrected chi connectivity index (χ0v) is 17.2. The Kier molecular flexibility index (Phi) is 4.93. The number of aryl methyl sites for hydroxylation is 1. The molecule has 0 radical (unpaired) electrons. The summed E-state index contributed by atoms with van der Waals surface area (Å²) in [6.07, 6.45) is -3.13. The molecule has 0 saturated heterocycles. The van der Waals surface area contributed by atoms with Crippen molar-refractivity contribution in [2.24, 2.45) is 0 Å². The van der Waals surface area contributed by atoms with E-state index in [-0.39, 0.29) is 23.5 Å². The zero-order chi connectivity index (χ0) is 21.6. The number of anilines is 3. The number of hydrogen-bond acceptors (Lipinski definition) is 3. The lowest BCUT2D eigenvalue weighted by molar-refractivity contribution is -0.137. The maximum atomic E-state index is 13.3. The standard InChI is InChI=1S/C21H15BrF3N3O2/c1-12-8-14(22)3-6-17(12)28-11-27(15-4-7-19(29)26-10-15)20(30)16-5-2-13(9-18(16)28)21(23,24)25/h2-10H,11H2,1H3,(H,26,29). The first kappa shape index (κ1) is 20.2. The van der Waals surface area contributed by atoms with Crippen LogP contribution in [0.3, 0.4) is 0 Å². The van der Waals surface area contributed by atoms with Crippen LogP contribution in [0, 0.1) is 6.92 Å². The second-order valence-electron chi connectivity index (χ2n) is 6.87. The Hall–Kier alpha value is -3.07. The van der Waals surface area contributed by atoms with Gasteiger partial charge in [-0.1, -0.05) is 15.9 Å². The van der Waals surface area contributed by atoms with Gasteiger partial charge in [0.1, 0.15) is 6.67 Å². The van der Waals surface area contributed by atoms with Crippen LogP contribution in [-0.2, 0) is 6.18 Å². The van der Waals surface area contributed by atoms with E-state index in [0.717, 1.165) is 22.2 Å². The van der Waals surface area contributed by atoms with Crippen LogP contribution in [0.2, 0.25) is 0 Å². The lowest BCUT2D eigenvalue weighted by Gasteiger charge is -2.39. The first-order valence-electron chi connectivity index (χ1n) is 8.91. The fourth-order valence-corrected chi connectivity index (χ4v) is 3.91. The van der Waals surface area contributed by atoms with Crippen LogP contribution in [0.1, 0.15) is 21.5 Å². The van der Waals surface area contributed by atoms with Gasteiger partial charge in [-0.05, 0) is 55.0 Å². The molecule has 0 saturated carbocycles. The number of hydrogen-bond donors (Lipinski definition) is 1. The molecule has 1 aliphatic rings. The van der Waals surface area contributed by atoms with E-state index in [9.17, 15) is 22.8 Å². The third-order valence-electron chi connectivity index (χ3n) is 4.90. The molecule has 0 spiro atoms. The SMILES string of the molecule is Cc1cc(Br)ccc1N1CN(c2ccc(=O)[nH]c2)C(=O)c2ccc(C(F)(F)F)cc21. The Bertz CT molecular complexity index is 1190. The van der Waals surface area contributed by atoms with Gasteiger partial charge in [0.15, 0.2) is 0 Å². The zero-order valence-electron chi connectivity index (χ0n) is 15.6. The second-order valence-corrected chi connectivity index (χ2v) is 7.79. The van der Waals surface area contributed by atoms with Gasteiger partial charge < -0.3 is 9.88 Å². The maximum Gasteiger partial charge on any atom is 0.416 e. The average Bonchev–Trinajstić information content (AvgIpc) is 2.69. The lowest BCUT2D eigenvalue weighted by atomic mass is 10.0. The number of alkyl halides is 3. The molecular weight excluding hydrogens is 463 g/mol. The molecule has 0 fully saturated rings. The third kappa shape index (κ3) is 3.60. The van der Waals surface area contributed by atoms with Crippen LogP contribution < -0.4 is 15.4 Å². The van der Waals surface area contributed by atoms with Crippen LogP contribution in [0.25, 0.3) is 0 Å². The highest BCUT2D eigenvalue weighted by molar-refractivity contribution is 9.10. The number of H-pyrrole nitrogens is 1. The highest BCUT2D eigenvalue weighted by Gasteiger charge is 2.36. The Balaban J connectivity index is 1.90. The Morgan fingerprint density at radius 1 is 0.967 bits per heavy atom. The minimum absolute atomic E-state index is 0.0122. The van der Waals surface area contributed by atoms with E-state index in [4.69, 9.17) is 0 Å². The molecule has 9 heteroatoms. The van der Waals surface area contributed by atoms with Crippen LogP contribution in [-0.4, -0.2) is 17.6 Å². The summed E-state index contributed by atoms with van der Waals surface area (Å²) in [5.74, 6) is -0.447. The summed E-state index contributed by atoms with van der Waals surface area (Å²) in [5, 5.41) is 0. The molecule has 2 heterocycles. The molecule has 0 aliphatic carbocycles. The number of nitrogens with zero attached hydrogens (tertiary/aromatic N) is 2. The summed E-state index contributed by atoms with van der Waals surface area (Å²) in [6.45, 7) is 1.83. The van der Waals surface area contributed by atoms with E-state index in [1.807, 2.05) is 13.0 Å². The van der Waals surface area contributed by atoms with E-state index in [1.54, 1.807) is 17.0 Å². The fraction of sp³-hybridized carbons (Fsp3) is 0.143. The molecule has 3 aromatic rings. The summed E-state index contributed by atoms with van der Waals surface area (Å²) in [6, 6.07) is 11.3. The Labute approximate surface area is 177 Å². The van der Waals surface area contributed by atoms with Gasteiger partial charge in [-0.15, -0.1) is 0 Å². The number of carbonyl (C=O) groups excluding carboxylic acids is 1. The van der Waals surface area contributed by atoms with Gasteiger partial charge in [-0.3, -0.25) is 14.5 Å². The largest absolute Gasteiger partial charge is 0.416 e. The van der Waals surface area contributed by atoms with Crippen molar-refractivity contribution in [3.8, 4) is 0 Å². The number of aromatic amines is 1. The monoisotopic (exact) mass is 477 g/mol. The molecule has 1 N–H and O–H groups in total. The van der Waals surface area contributed by atoms with Gasteiger partial charge in [-0.2, -0.15) is 13.2 Å². The van der Waals surface area contributed by atoms with E-state index < -0.39 is 17.6 Å². The number of pyridine rings is 1. The van der Waals surface area contributed by atoms with Crippen LogP contribution >= 0.6 is 15.9 Å². The molecule has 2 aromatic carbocycles. The van der Waals surface area contributed by atoms with E-state index in [2.05, 4.69) is 20.9 Å². The van der Waals surface area contributed by atoms with Crippen molar-refractivity contribution in [3.63, 3.8) is 0 Å². The van der Waals surface area contributed by atoms with Crippen LogP contribution in [0.15, 0.2) is 64.0 Å². The molecule has 30 heavy (non-hydrogen) atoms. The van der Waals surface area contributed by atoms with Gasteiger partial charge in [0.25, 0.3) is 5.91 Å². The number of nitrogens with one attached hydrogen (secondary N) is 1. The minimum atomic E-state index is -4.53. The lowest BCUT2D eigenvalue weighted by Crippen LogP contribution is -2.45. The highest BCUT2D eigenvalue weighted by atomic mass is 79.9. The molecule has 0 atom stereocenters. The first-order chi connectivity index (χ1) is 14.1. The summed E-state index contributed by atoms with van der Waals surface area (Å²) in [4.78, 5) is 30.1. The number of fused-ring (bicyclic) bond motifs is 1. The molecule has 4 rings (SSSR count). The summed E-state index contributed by atoms with van der Waals surface area (Å²) in [5.41, 5.74) is 1.10. The van der Waals surface area contributed by atoms with Gasteiger partial charge >= 0.3 is 6.18 Å². The van der Waals surface area contributed by atoms with E-state index in [0.29, 0.717) is 11.4 Å². The Morgan fingerprint density at radius 2 is 1.73 bits per heavy atom. The molecule has 1 aromatic heterocycles. The number of halogens is 4. The van der Waals surface area contributed by atoms with Gasteiger partial charge in [-0.25, -0.2) is 0 Å². The molecule has 1 aliphatic heterocycles. The quantitative estimate of drug-likeness (QED) is 0.550. The summed E-state index contributed by atoms with van der Waals surface area (Å²) in [7, 11) is 0. The summed E-state index contributed by atoms with van der Waals surface area (Å²) < 4.78 is 40.9. The van der Waals surface area contributed by atoms with E-state index in [1.165, 1.54) is 29.3 Å². The molecule has 1 amide bonds. The maximum absolute atomic E-state index is 13.3. The first-order valence-corrected chi connectivity index (χ1v) is 9.70. The fourth-order valence-electron chi connectivity index (χ4n) is 3.44. The van der Waals surface area contributed by atoms with Gasteiger partial charge in [0.05, 0.1) is 22.5 Å². The smallest absolute Gasteiger partial charge is 0.327 e. The van der Waals surface area contributed by atoms with Crippen molar-refractivity contribution in [3.05, 3.63) is 86.2 Å². The van der Waals surface area contributed by atoms with Crippen LogP contribution in [0.5, 0.6) is 0 Å². The number of aromatic nitrogens is 1. The molecular formula is C21H15BrF3N3O2. The van der Waals surface area contributed by atoms with Crippen LogP contribution in [0.4, 0.5) is 30.2 Å². The van der Waals surface area contributed by atoms with Gasteiger partial charge in [0, 0.05) is 22.4 Å². The van der Waals surface area contributed by atoms with E-state index >= 15 is 0 Å². The number of benzene rings is 2. The topological polar surface area (TPSA) is 56.4 Å². The van der Waals surface area contributed by atoms with Crippen molar-refractivity contribution in [1.82, 2.24) is 4.98 Å². The number of amides is 1. The molecule has 0 bridgehead atoms.